The van der Waals surface area contributed by atoms with Gasteiger partial charge < -0.3 is 9.80 Å². The molecule has 1 aliphatic rings. The molecule has 1 aromatic heterocycles. The van der Waals surface area contributed by atoms with Crippen molar-refractivity contribution in [3.63, 3.8) is 0 Å². The lowest BCUT2D eigenvalue weighted by molar-refractivity contribution is -0.126. The first-order valence-electron chi connectivity index (χ1n) is 10.7. The van der Waals surface area contributed by atoms with E-state index in [1.54, 1.807) is 6.08 Å². The molecule has 0 N–H and O–H groups in total. The van der Waals surface area contributed by atoms with Crippen LogP contribution in [0, 0.1) is 6.92 Å². The van der Waals surface area contributed by atoms with Crippen LogP contribution in [0.2, 0.25) is 0 Å². The van der Waals surface area contributed by atoms with Crippen LogP contribution in [0.15, 0.2) is 60.7 Å². The van der Waals surface area contributed by atoms with E-state index in [1.807, 2.05) is 23.1 Å². The normalized spacial score (nSPS) is 14.8. The van der Waals surface area contributed by atoms with Crippen LogP contribution in [0.4, 0.5) is 5.82 Å². The van der Waals surface area contributed by atoms with E-state index in [9.17, 15) is 4.79 Å². The first-order chi connectivity index (χ1) is 14.5. The smallest absolute Gasteiger partial charge is 0.246 e. The first-order valence-corrected chi connectivity index (χ1v) is 10.7. The Hall–Kier alpha value is -3.14. The Balaban J connectivity index is 1.37. The molecule has 0 saturated carbocycles. The van der Waals surface area contributed by atoms with Crippen molar-refractivity contribution in [2.45, 2.75) is 26.7 Å². The van der Waals surface area contributed by atoms with E-state index in [4.69, 9.17) is 4.98 Å². The van der Waals surface area contributed by atoms with Gasteiger partial charge >= 0.3 is 0 Å². The van der Waals surface area contributed by atoms with Crippen LogP contribution < -0.4 is 4.90 Å². The zero-order chi connectivity index (χ0) is 21.1. The topological polar surface area (TPSA) is 36.4 Å². The summed E-state index contributed by atoms with van der Waals surface area (Å²) in [6, 6.07) is 18.8. The highest BCUT2D eigenvalue weighted by atomic mass is 16.2. The van der Waals surface area contributed by atoms with Crippen molar-refractivity contribution in [3.05, 3.63) is 77.4 Å². The Labute approximate surface area is 178 Å². The standard InChI is InChI=1S/C26H29N3O/c1-19(2)22-11-8-21(9-12-22)10-13-26(30)29-16-14-28(15-17-29)25-18-20(3)23-6-4-5-7-24(23)27-25/h4-13,18-19H,14-17H2,1-3H3/b13-10+. The molecule has 4 heteroatoms. The van der Waals surface area contributed by atoms with Gasteiger partial charge in [0.15, 0.2) is 0 Å². The van der Waals surface area contributed by atoms with Gasteiger partial charge in [0.25, 0.3) is 0 Å². The third kappa shape index (κ3) is 4.38. The summed E-state index contributed by atoms with van der Waals surface area (Å²) in [5.41, 5.74) is 4.63. The van der Waals surface area contributed by atoms with Crippen molar-refractivity contribution in [2.24, 2.45) is 0 Å². The first kappa shape index (κ1) is 20.1. The minimum Gasteiger partial charge on any atom is -0.353 e. The van der Waals surface area contributed by atoms with Gasteiger partial charge in [-0.25, -0.2) is 4.98 Å². The number of benzene rings is 2. The second kappa shape index (κ2) is 8.70. The molecule has 0 aliphatic carbocycles. The van der Waals surface area contributed by atoms with Crippen LogP contribution in [0.5, 0.6) is 0 Å². The molecule has 1 amide bonds. The summed E-state index contributed by atoms with van der Waals surface area (Å²) in [5, 5.41) is 1.20. The predicted molar refractivity (Wildman–Crippen MR) is 125 cm³/mol. The Morgan fingerprint density at radius 1 is 1.00 bits per heavy atom. The Morgan fingerprint density at radius 2 is 1.70 bits per heavy atom. The van der Waals surface area contributed by atoms with E-state index in [-0.39, 0.29) is 5.91 Å². The van der Waals surface area contributed by atoms with Gasteiger partial charge in [-0.2, -0.15) is 0 Å². The van der Waals surface area contributed by atoms with E-state index in [0.29, 0.717) is 19.0 Å². The SMILES string of the molecule is Cc1cc(N2CCN(C(=O)/C=C/c3ccc(C(C)C)cc3)CC2)nc2ccccc12. The summed E-state index contributed by atoms with van der Waals surface area (Å²) in [4.78, 5) is 21.7. The van der Waals surface area contributed by atoms with E-state index in [0.717, 1.165) is 30.0 Å². The molecule has 154 valence electrons. The average Bonchev–Trinajstić information content (AvgIpc) is 2.78. The summed E-state index contributed by atoms with van der Waals surface area (Å²) < 4.78 is 0. The van der Waals surface area contributed by atoms with Crippen LogP contribution in [0.3, 0.4) is 0 Å². The largest absolute Gasteiger partial charge is 0.353 e. The van der Waals surface area contributed by atoms with Gasteiger partial charge in [0.1, 0.15) is 5.82 Å². The van der Waals surface area contributed by atoms with Crippen LogP contribution in [-0.2, 0) is 4.79 Å². The summed E-state index contributed by atoms with van der Waals surface area (Å²) >= 11 is 0. The number of carbonyl (C=O) groups is 1. The fraction of sp³-hybridized carbons (Fsp3) is 0.308. The number of anilines is 1. The lowest BCUT2D eigenvalue weighted by atomic mass is 10.0. The van der Waals surface area contributed by atoms with Gasteiger partial charge in [-0.1, -0.05) is 56.3 Å². The van der Waals surface area contributed by atoms with Gasteiger partial charge in [0, 0.05) is 37.6 Å². The maximum atomic E-state index is 12.6. The van der Waals surface area contributed by atoms with Crippen LogP contribution >= 0.6 is 0 Å². The highest BCUT2D eigenvalue weighted by molar-refractivity contribution is 5.92. The Morgan fingerprint density at radius 3 is 2.40 bits per heavy atom. The molecule has 2 heterocycles. The molecule has 4 rings (SSSR count). The number of aryl methyl sites for hydroxylation is 1. The fourth-order valence-corrected chi connectivity index (χ4v) is 3.91. The number of piperazine rings is 1. The number of fused-ring (bicyclic) bond motifs is 1. The molecule has 0 atom stereocenters. The van der Waals surface area contributed by atoms with Gasteiger partial charge in [-0.05, 0) is 47.7 Å². The quantitative estimate of drug-likeness (QED) is 0.578. The van der Waals surface area contributed by atoms with E-state index in [1.165, 1.54) is 16.5 Å². The predicted octanol–water partition coefficient (Wildman–Crippen LogP) is 5.03. The molecule has 1 fully saturated rings. The number of nitrogens with zero attached hydrogens (tertiary/aromatic N) is 3. The van der Waals surface area contributed by atoms with Gasteiger partial charge in [-0.15, -0.1) is 0 Å². The number of hydrogen-bond donors (Lipinski definition) is 0. The van der Waals surface area contributed by atoms with Gasteiger partial charge in [0.2, 0.25) is 5.91 Å². The number of carbonyl (C=O) groups excluding carboxylic acids is 1. The van der Waals surface area contributed by atoms with Crippen molar-refractivity contribution in [1.82, 2.24) is 9.88 Å². The molecule has 4 nitrogen and oxygen atoms in total. The fourth-order valence-electron chi connectivity index (χ4n) is 3.91. The molecule has 2 aromatic carbocycles. The number of amides is 1. The molecule has 0 bridgehead atoms. The second-order valence-electron chi connectivity index (χ2n) is 8.28. The Kier molecular flexibility index (Phi) is 5.84. The third-order valence-corrected chi connectivity index (χ3v) is 5.85. The molecule has 0 radical (unpaired) electrons. The summed E-state index contributed by atoms with van der Waals surface area (Å²) in [7, 11) is 0. The number of pyridine rings is 1. The monoisotopic (exact) mass is 399 g/mol. The van der Waals surface area contributed by atoms with Crippen LogP contribution in [0.1, 0.15) is 36.5 Å². The summed E-state index contributed by atoms with van der Waals surface area (Å²) in [6.07, 6.45) is 3.60. The van der Waals surface area contributed by atoms with Gasteiger partial charge in [0.05, 0.1) is 5.52 Å². The highest BCUT2D eigenvalue weighted by Crippen LogP contribution is 2.23. The number of aromatic nitrogens is 1. The minimum absolute atomic E-state index is 0.0743. The van der Waals surface area contributed by atoms with Crippen LogP contribution in [-0.4, -0.2) is 42.0 Å². The lowest BCUT2D eigenvalue weighted by Crippen LogP contribution is -2.48. The van der Waals surface area contributed by atoms with E-state index in [2.05, 4.69) is 68.1 Å². The minimum atomic E-state index is 0.0743. The van der Waals surface area contributed by atoms with E-state index < -0.39 is 0 Å². The van der Waals surface area contributed by atoms with Crippen molar-refractivity contribution in [2.75, 3.05) is 31.1 Å². The number of rotatable bonds is 4. The number of hydrogen-bond acceptors (Lipinski definition) is 3. The zero-order valence-corrected chi connectivity index (χ0v) is 18.0. The molecular formula is C26H29N3O. The molecule has 1 aliphatic heterocycles. The van der Waals surface area contributed by atoms with Crippen molar-refractivity contribution >= 4 is 28.7 Å². The molecule has 0 unspecified atom stereocenters. The zero-order valence-electron chi connectivity index (χ0n) is 18.0. The maximum absolute atomic E-state index is 12.6. The number of para-hydroxylation sites is 1. The molecular weight excluding hydrogens is 370 g/mol. The molecule has 30 heavy (non-hydrogen) atoms. The van der Waals surface area contributed by atoms with Crippen molar-refractivity contribution in [3.8, 4) is 0 Å². The molecule has 0 spiro atoms. The lowest BCUT2D eigenvalue weighted by Gasteiger charge is -2.35. The van der Waals surface area contributed by atoms with E-state index >= 15 is 0 Å². The maximum Gasteiger partial charge on any atom is 0.246 e. The van der Waals surface area contributed by atoms with Crippen molar-refractivity contribution in [1.29, 1.82) is 0 Å². The van der Waals surface area contributed by atoms with Gasteiger partial charge in [-0.3, -0.25) is 4.79 Å². The second-order valence-corrected chi connectivity index (χ2v) is 8.28. The van der Waals surface area contributed by atoms with Crippen LogP contribution in [0.25, 0.3) is 17.0 Å². The molecule has 3 aromatic rings. The summed E-state index contributed by atoms with van der Waals surface area (Å²) in [6.45, 7) is 9.52. The average molecular weight is 400 g/mol. The highest BCUT2D eigenvalue weighted by Gasteiger charge is 2.21. The summed E-state index contributed by atoms with van der Waals surface area (Å²) in [5.74, 6) is 1.59. The third-order valence-electron chi connectivity index (χ3n) is 5.85. The van der Waals surface area contributed by atoms with Crippen molar-refractivity contribution < 1.29 is 4.79 Å². The Bertz CT molecular complexity index is 1060. The molecule has 1 saturated heterocycles.